The van der Waals surface area contributed by atoms with Gasteiger partial charge >= 0.3 is 5.97 Å². The molecule has 20 heavy (non-hydrogen) atoms. The zero-order valence-electron chi connectivity index (χ0n) is 11.5. The van der Waals surface area contributed by atoms with E-state index in [0.29, 0.717) is 19.4 Å². The van der Waals surface area contributed by atoms with Crippen molar-refractivity contribution in [2.45, 2.75) is 32.7 Å². The molecule has 1 aromatic heterocycles. The molecule has 0 fully saturated rings. The van der Waals surface area contributed by atoms with Crippen LogP contribution in [0, 0.1) is 11.8 Å². The number of carbonyl (C=O) groups excluding carboxylic acids is 1. The molecule has 1 amide bonds. The van der Waals surface area contributed by atoms with Crippen LogP contribution in [0.4, 0.5) is 0 Å². The first kappa shape index (κ1) is 14.8. The first-order valence-corrected chi connectivity index (χ1v) is 7.66. The smallest absolute Gasteiger partial charge is 0.307 e. The monoisotopic (exact) mass is 293 g/mol. The van der Waals surface area contributed by atoms with Crippen LogP contribution in [0.5, 0.6) is 0 Å². The number of thiophene rings is 1. The summed E-state index contributed by atoms with van der Waals surface area (Å²) in [5, 5.41) is 12.0. The van der Waals surface area contributed by atoms with Crippen molar-refractivity contribution in [3.8, 4) is 0 Å². The van der Waals surface area contributed by atoms with Gasteiger partial charge in [-0.05, 0) is 31.4 Å². The van der Waals surface area contributed by atoms with Crippen LogP contribution in [-0.4, -0.2) is 17.0 Å². The second-order valence-corrected chi connectivity index (χ2v) is 6.19. The van der Waals surface area contributed by atoms with Gasteiger partial charge in [-0.15, -0.1) is 11.3 Å². The molecule has 0 saturated heterocycles. The lowest BCUT2D eigenvalue weighted by Gasteiger charge is -2.24. The predicted molar refractivity (Wildman–Crippen MR) is 78.5 cm³/mol. The van der Waals surface area contributed by atoms with E-state index in [1.165, 1.54) is 4.88 Å². The van der Waals surface area contributed by atoms with Gasteiger partial charge in [0, 0.05) is 9.75 Å². The van der Waals surface area contributed by atoms with Gasteiger partial charge in [0.05, 0.1) is 18.4 Å². The summed E-state index contributed by atoms with van der Waals surface area (Å²) in [5.74, 6) is -2.11. The minimum Gasteiger partial charge on any atom is -0.481 e. The number of rotatable bonds is 5. The van der Waals surface area contributed by atoms with Crippen LogP contribution in [0.25, 0.3) is 0 Å². The minimum atomic E-state index is -0.890. The number of amides is 1. The second-order valence-electron chi connectivity index (χ2n) is 4.93. The highest BCUT2D eigenvalue weighted by Gasteiger charge is 2.33. The summed E-state index contributed by atoms with van der Waals surface area (Å²) in [7, 11) is 0. The molecule has 0 unspecified atom stereocenters. The van der Waals surface area contributed by atoms with Crippen molar-refractivity contribution in [2.75, 3.05) is 0 Å². The number of hydrogen-bond donors (Lipinski definition) is 2. The zero-order valence-corrected chi connectivity index (χ0v) is 12.3. The predicted octanol–water partition coefficient (Wildman–Crippen LogP) is 2.59. The molecule has 2 N–H and O–H groups in total. The number of allylic oxidation sites excluding steroid dienone is 2. The summed E-state index contributed by atoms with van der Waals surface area (Å²) in [4.78, 5) is 25.7. The molecule has 0 spiro atoms. The molecule has 108 valence electrons. The van der Waals surface area contributed by atoms with Crippen LogP contribution >= 0.6 is 11.3 Å². The number of aliphatic carboxylic acids is 1. The van der Waals surface area contributed by atoms with E-state index < -0.39 is 17.8 Å². The van der Waals surface area contributed by atoms with E-state index in [1.54, 1.807) is 11.3 Å². The Morgan fingerprint density at radius 1 is 1.25 bits per heavy atom. The first-order valence-electron chi connectivity index (χ1n) is 6.85. The average molecular weight is 293 g/mol. The molecule has 0 aromatic carbocycles. The summed E-state index contributed by atoms with van der Waals surface area (Å²) in [5.41, 5.74) is 0. The third-order valence-corrected chi connectivity index (χ3v) is 4.82. The van der Waals surface area contributed by atoms with E-state index in [2.05, 4.69) is 18.3 Å². The highest BCUT2D eigenvalue weighted by atomic mass is 32.1. The number of carboxylic acids is 1. The Labute approximate surface area is 122 Å². The molecule has 1 heterocycles. The average Bonchev–Trinajstić information content (AvgIpc) is 2.92. The number of nitrogens with one attached hydrogen (secondary N) is 1. The summed E-state index contributed by atoms with van der Waals surface area (Å²) in [6.45, 7) is 2.58. The molecule has 0 bridgehead atoms. The first-order chi connectivity index (χ1) is 9.61. The number of hydrogen-bond acceptors (Lipinski definition) is 3. The highest BCUT2D eigenvalue weighted by molar-refractivity contribution is 7.11. The number of carbonyl (C=O) groups is 2. The van der Waals surface area contributed by atoms with Crippen LogP contribution in [0.15, 0.2) is 24.3 Å². The molecule has 1 aromatic rings. The lowest BCUT2D eigenvalue weighted by atomic mass is 9.82. The van der Waals surface area contributed by atoms with Gasteiger partial charge in [-0.3, -0.25) is 9.59 Å². The maximum Gasteiger partial charge on any atom is 0.307 e. The Morgan fingerprint density at radius 3 is 2.50 bits per heavy atom. The van der Waals surface area contributed by atoms with E-state index in [4.69, 9.17) is 5.11 Å². The number of aryl methyl sites for hydroxylation is 1. The maximum absolute atomic E-state index is 12.2. The van der Waals surface area contributed by atoms with Gasteiger partial charge in [0.15, 0.2) is 0 Å². The van der Waals surface area contributed by atoms with Crippen molar-refractivity contribution in [1.29, 1.82) is 0 Å². The van der Waals surface area contributed by atoms with E-state index >= 15 is 0 Å². The summed E-state index contributed by atoms with van der Waals surface area (Å²) in [6, 6.07) is 4.08. The normalized spacial score (nSPS) is 21.6. The fraction of sp³-hybridized carbons (Fsp3) is 0.467. The lowest BCUT2D eigenvalue weighted by Crippen LogP contribution is -2.38. The van der Waals surface area contributed by atoms with Gasteiger partial charge in [-0.1, -0.05) is 19.1 Å². The van der Waals surface area contributed by atoms with E-state index in [-0.39, 0.29) is 5.91 Å². The van der Waals surface area contributed by atoms with E-state index in [1.807, 2.05) is 18.2 Å². The van der Waals surface area contributed by atoms with Gasteiger partial charge in [0.1, 0.15) is 0 Å². The third kappa shape index (κ3) is 3.48. The molecule has 5 heteroatoms. The standard InChI is InChI=1S/C15H19NO3S/c1-2-10-7-8-11(20-10)9-16-14(17)12-5-3-4-6-13(12)15(18)19/h3-4,7-8,12-13H,2,5-6,9H2,1H3,(H,16,17)(H,18,19)/t12-,13+/m1/s1. The topological polar surface area (TPSA) is 66.4 Å². The molecule has 1 aliphatic carbocycles. The molecule has 2 rings (SSSR count). The van der Waals surface area contributed by atoms with Crippen LogP contribution in [0.3, 0.4) is 0 Å². The molecule has 0 saturated carbocycles. The second kappa shape index (κ2) is 6.70. The summed E-state index contributed by atoms with van der Waals surface area (Å²) >= 11 is 1.68. The molecule has 2 atom stereocenters. The highest BCUT2D eigenvalue weighted by Crippen LogP contribution is 2.26. The third-order valence-electron chi connectivity index (χ3n) is 3.59. The van der Waals surface area contributed by atoms with E-state index in [0.717, 1.165) is 11.3 Å². The van der Waals surface area contributed by atoms with Crippen molar-refractivity contribution in [1.82, 2.24) is 5.32 Å². The van der Waals surface area contributed by atoms with Crippen molar-refractivity contribution >= 4 is 23.2 Å². The Bertz CT molecular complexity index is 521. The maximum atomic E-state index is 12.2. The molecular formula is C15H19NO3S. The van der Waals surface area contributed by atoms with Crippen molar-refractivity contribution in [3.05, 3.63) is 34.0 Å². The fourth-order valence-electron chi connectivity index (χ4n) is 2.39. The van der Waals surface area contributed by atoms with Crippen LogP contribution < -0.4 is 5.32 Å². The minimum absolute atomic E-state index is 0.159. The molecule has 0 radical (unpaired) electrons. The summed E-state index contributed by atoms with van der Waals surface area (Å²) < 4.78 is 0. The molecular weight excluding hydrogens is 274 g/mol. The molecule has 0 aliphatic heterocycles. The Kier molecular flexibility index (Phi) is 4.95. The van der Waals surface area contributed by atoms with Crippen molar-refractivity contribution in [3.63, 3.8) is 0 Å². The van der Waals surface area contributed by atoms with E-state index in [9.17, 15) is 9.59 Å². The number of carboxylic acid groups (broad SMARTS) is 1. The Morgan fingerprint density at radius 2 is 1.90 bits per heavy atom. The Hall–Kier alpha value is -1.62. The quantitative estimate of drug-likeness (QED) is 0.820. The SMILES string of the molecule is CCc1ccc(CNC(=O)[C@@H]2CC=CC[C@@H]2C(=O)O)s1. The van der Waals surface area contributed by atoms with Crippen LogP contribution in [0.1, 0.15) is 29.5 Å². The Balaban J connectivity index is 1.93. The van der Waals surface area contributed by atoms with Crippen molar-refractivity contribution < 1.29 is 14.7 Å². The van der Waals surface area contributed by atoms with Gasteiger partial charge in [0.25, 0.3) is 0 Å². The van der Waals surface area contributed by atoms with Crippen LogP contribution in [-0.2, 0) is 22.6 Å². The lowest BCUT2D eigenvalue weighted by molar-refractivity contribution is -0.147. The largest absolute Gasteiger partial charge is 0.481 e. The molecule has 4 nitrogen and oxygen atoms in total. The fourth-order valence-corrected chi connectivity index (χ4v) is 3.29. The zero-order chi connectivity index (χ0) is 14.5. The van der Waals surface area contributed by atoms with Gasteiger partial charge < -0.3 is 10.4 Å². The van der Waals surface area contributed by atoms with Gasteiger partial charge in [-0.25, -0.2) is 0 Å². The molecule has 1 aliphatic rings. The summed E-state index contributed by atoms with van der Waals surface area (Å²) in [6.07, 6.45) is 5.67. The van der Waals surface area contributed by atoms with Crippen LogP contribution in [0.2, 0.25) is 0 Å². The van der Waals surface area contributed by atoms with Gasteiger partial charge in [-0.2, -0.15) is 0 Å². The van der Waals surface area contributed by atoms with Gasteiger partial charge in [0.2, 0.25) is 5.91 Å². The van der Waals surface area contributed by atoms with Crippen molar-refractivity contribution in [2.24, 2.45) is 11.8 Å².